The summed E-state index contributed by atoms with van der Waals surface area (Å²) >= 11 is 0. The number of rotatable bonds is 5. The Morgan fingerprint density at radius 3 is 2.17 bits per heavy atom. The van der Waals surface area contributed by atoms with Crippen LogP contribution in [0.3, 0.4) is 0 Å². The van der Waals surface area contributed by atoms with Gasteiger partial charge in [0.05, 0.1) is 0 Å². The smallest absolute Gasteiger partial charge is 0.155 e. The third-order valence-electron chi connectivity index (χ3n) is 1.57. The average Bonchev–Trinajstić information content (AvgIpc) is 1.96. The summed E-state index contributed by atoms with van der Waals surface area (Å²) in [6.45, 7) is 5.05. The van der Waals surface area contributed by atoms with Crippen LogP contribution in [0.2, 0.25) is 0 Å². The summed E-state index contributed by atoms with van der Waals surface area (Å²) in [6, 6.07) is 0. The first kappa shape index (κ1) is 11.1. The lowest BCUT2D eigenvalue weighted by atomic mass is 10.0. The van der Waals surface area contributed by atoms with E-state index in [9.17, 15) is 9.59 Å². The van der Waals surface area contributed by atoms with Crippen molar-refractivity contribution in [2.75, 3.05) is 0 Å². The molecule has 0 aliphatic carbocycles. The molecule has 0 aliphatic rings. The average molecular weight is 168 g/mol. The van der Waals surface area contributed by atoms with E-state index in [4.69, 9.17) is 0 Å². The van der Waals surface area contributed by atoms with E-state index in [1.54, 1.807) is 0 Å². The zero-order chi connectivity index (χ0) is 9.56. The van der Waals surface area contributed by atoms with E-state index >= 15 is 0 Å². The highest BCUT2D eigenvalue weighted by Crippen LogP contribution is 2.06. The molecule has 0 heterocycles. The lowest BCUT2D eigenvalue weighted by Gasteiger charge is -1.99. The third kappa shape index (κ3) is 4.83. The molecule has 0 aromatic carbocycles. The van der Waals surface area contributed by atoms with Gasteiger partial charge in [0, 0.05) is 6.42 Å². The van der Waals surface area contributed by atoms with E-state index in [0.29, 0.717) is 5.57 Å². The quantitative estimate of drug-likeness (QED) is 0.590. The number of carbonyl (C=O) groups is 2. The Morgan fingerprint density at radius 1 is 1.25 bits per heavy atom. The number of Topliss-reactive ketones (excluding diaryl/α,β-unsaturated/α-hetero) is 2. The zero-order valence-electron chi connectivity index (χ0n) is 8.02. The van der Waals surface area contributed by atoms with E-state index in [2.05, 4.69) is 0 Å². The van der Waals surface area contributed by atoms with Crippen LogP contribution in [0.5, 0.6) is 0 Å². The van der Waals surface area contributed by atoms with Crippen molar-refractivity contribution < 1.29 is 9.59 Å². The summed E-state index contributed by atoms with van der Waals surface area (Å²) < 4.78 is 0. The first-order valence-corrected chi connectivity index (χ1v) is 4.27. The second kappa shape index (κ2) is 5.70. The van der Waals surface area contributed by atoms with Crippen molar-refractivity contribution in [3.63, 3.8) is 0 Å². The lowest BCUT2D eigenvalue weighted by molar-refractivity contribution is -0.119. The van der Waals surface area contributed by atoms with Crippen molar-refractivity contribution in [2.24, 2.45) is 0 Å². The molecule has 0 radical (unpaired) electrons. The van der Waals surface area contributed by atoms with Crippen molar-refractivity contribution in [1.82, 2.24) is 0 Å². The summed E-state index contributed by atoms with van der Waals surface area (Å²) in [5.41, 5.74) is 0.657. The van der Waals surface area contributed by atoms with Crippen molar-refractivity contribution in [3.8, 4) is 0 Å². The summed E-state index contributed by atoms with van der Waals surface area (Å²) in [5.74, 6) is 0.0613. The van der Waals surface area contributed by atoms with Gasteiger partial charge in [-0.3, -0.25) is 9.59 Å². The molecule has 0 N–H and O–H groups in total. The molecule has 12 heavy (non-hydrogen) atoms. The highest BCUT2D eigenvalue weighted by atomic mass is 16.1. The van der Waals surface area contributed by atoms with Gasteiger partial charge in [0.2, 0.25) is 0 Å². The molecule has 2 nitrogen and oxygen atoms in total. The van der Waals surface area contributed by atoms with E-state index in [0.717, 1.165) is 12.8 Å². The molecule has 0 saturated carbocycles. The van der Waals surface area contributed by atoms with Gasteiger partial charge < -0.3 is 0 Å². The van der Waals surface area contributed by atoms with Gasteiger partial charge in [0.15, 0.2) is 5.78 Å². The van der Waals surface area contributed by atoms with Gasteiger partial charge >= 0.3 is 0 Å². The van der Waals surface area contributed by atoms with Crippen LogP contribution in [0.25, 0.3) is 0 Å². The second-order valence-corrected chi connectivity index (χ2v) is 2.95. The molecule has 0 spiro atoms. The summed E-state index contributed by atoms with van der Waals surface area (Å²) in [6.07, 6.45) is 4.04. The molecule has 0 bridgehead atoms. The van der Waals surface area contributed by atoms with Crippen LogP contribution >= 0.6 is 0 Å². The molecular weight excluding hydrogens is 152 g/mol. The van der Waals surface area contributed by atoms with E-state index < -0.39 is 0 Å². The third-order valence-corrected chi connectivity index (χ3v) is 1.57. The largest absolute Gasteiger partial charge is 0.300 e. The van der Waals surface area contributed by atoms with Crippen LogP contribution in [-0.4, -0.2) is 11.6 Å². The van der Waals surface area contributed by atoms with Crippen LogP contribution in [0.4, 0.5) is 0 Å². The molecule has 0 aromatic heterocycles. The van der Waals surface area contributed by atoms with E-state index in [-0.39, 0.29) is 18.0 Å². The Bertz CT molecular complexity index is 202. The molecular formula is C10H16O2. The Labute approximate surface area is 73.7 Å². The predicted octanol–water partition coefficient (Wildman–Crippen LogP) is 2.28. The standard InChI is InChI=1S/C10H16O2/c1-4-5-6-10(9(3)12)7-8(2)11/h6H,4-5,7H2,1-3H3/b10-6+. The monoisotopic (exact) mass is 168 g/mol. The van der Waals surface area contributed by atoms with Gasteiger partial charge in [0.1, 0.15) is 5.78 Å². The van der Waals surface area contributed by atoms with Crippen LogP contribution in [0, 0.1) is 0 Å². The topological polar surface area (TPSA) is 34.1 Å². The lowest BCUT2D eigenvalue weighted by Crippen LogP contribution is -2.02. The zero-order valence-corrected chi connectivity index (χ0v) is 8.02. The van der Waals surface area contributed by atoms with Gasteiger partial charge in [-0.15, -0.1) is 0 Å². The Morgan fingerprint density at radius 2 is 1.83 bits per heavy atom. The number of allylic oxidation sites excluding steroid dienone is 2. The van der Waals surface area contributed by atoms with Crippen LogP contribution in [-0.2, 0) is 9.59 Å². The van der Waals surface area contributed by atoms with Crippen molar-refractivity contribution >= 4 is 11.6 Å². The summed E-state index contributed by atoms with van der Waals surface area (Å²) in [7, 11) is 0. The van der Waals surface area contributed by atoms with Crippen LogP contribution in [0.1, 0.15) is 40.0 Å². The molecule has 0 saturated heterocycles. The second-order valence-electron chi connectivity index (χ2n) is 2.95. The number of unbranched alkanes of at least 4 members (excludes halogenated alkanes) is 1. The van der Waals surface area contributed by atoms with Crippen molar-refractivity contribution in [3.05, 3.63) is 11.6 Å². The van der Waals surface area contributed by atoms with Crippen molar-refractivity contribution in [2.45, 2.75) is 40.0 Å². The molecule has 0 rings (SSSR count). The summed E-state index contributed by atoms with van der Waals surface area (Å²) in [4.78, 5) is 21.7. The van der Waals surface area contributed by atoms with Crippen molar-refractivity contribution in [1.29, 1.82) is 0 Å². The number of carbonyl (C=O) groups excluding carboxylic acids is 2. The maximum atomic E-state index is 11.0. The van der Waals surface area contributed by atoms with Gasteiger partial charge in [0.25, 0.3) is 0 Å². The summed E-state index contributed by atoms with van der Waals surface area (Å²) in [5, 5.41) is 0. The number of hydrogen-bond acceptors (Lipinski definition) is 2. The normalized spacial score (nSPS) is 11.4. The minimum atomic E-state index is 0.0126. The molecule has 0 aliphatic heterocycles. The predicted molar refractivity (Wildman–Crippen MR) is 49.0 cm³/mol. The molecule has 68 valence electrons. The van der Waals surface area contributed by atoms with Gasteiger partial charge in [-0.2, -0.15) is 0 Å². The Balaban J connectivity index is 4.22. The van der Waals surface area contributed by atoms with Gasteiger partial charge in [-0.1, -0.05) is 19.4 Å². The van der Waals surface area contributed by atoms with Gasteiger partial charge in [-0.25, -0.2) is 0 Å². The maximum absolute atomic E-state index is 11.0. The SMILES string of the molecule is CCC/C=C(\CC(C)=O)C(C)=O. The number of hydrogen-bond donors (Lipinski definition) is 0. The minimum absolute atomic E-state index is 0.0126. The van der Waals surface area contributed by atoms with E-state index in [1.165, 1.54) is 13.8 Å². The van der Waals surface area contributed by atoms with Crippen LogP contribution in [0.15, 0.2) is 11.6 Å². The first-order chi connectivity index (χ1) is 5.57. The molecule has 0 aromatic rings. The molecule has 0 atom stereocenters. The molecule has 0 amide bonds. The van der Waals surface area contributed by atoms with E-state index in [1.807, 2.05) is 13.0 Å². The minimum Gasteiger partial charge on any atom is -0.300 e. The van der Waals surface area contributed by atoms with Crippen LogP contribution < -0.4 is 0 Å². The maximum Gasteiger partial charge on any atom is 0.155 e. The highest BCUT2D eigenvalue weighted by molar-refractivity contribution is 5.98. The highest BCUT2D eigenvalue weighted by Gasteiger charge is 2.05. The van der Waals surface area contributed by atoms with Gasteiger partial charge in [-0.05, 0) is 25.8 Å². The number of ketones is 2. The fourth-order valence-electron chi connectivity index (χ4n) is 0.927. The first-order valence-electron chi connectivity index (χ1n) is 4.27. The fourth-order valence-corrected chi connectivity index (χ4v) is 0.927. The molecule has 0 fully saturated rings. The fraction of sp³-hybridized carbons (Fsp3) is 0.600. The molecule has 2 heteroatoms. The molecule has 0 unspecified atom stereocenters. The Hall–Kier alpha value is -0.920. The Kier molecular flexibility index (Phi) is 5.26.